The van der Waals surface area contributed by atoms with E-state index in [1.807, 2.05) is 11.8 Å². The summed E-state index contributed by atoms with van der Waals surface area (Å²) in [5.74, 6) is -0.258. The summed E-state index contributed by atoms with van der Waals surface area (Å²) >= 11 is 0. The predicted octanol–water partition coefficient (Wildman–Crippen LogP) is 1.48. The molecular weight excluding hydrogens is 266 g/mol. The Morgan fingerprint density at radius 2 is 1.84 bits per heavy atom. The van der Waals surface area contributed by atoms with Gasteiger partial charge in [0.15, 0.2) is 9.84 Å². The molecule has 0 atom stereocenters. The topological polar surface area (TPSA) is 63.7 Å². The summed E-state index contributed by atoms with van der Waals surface area (Å²) in [5, 5.41) is 0. The van der Waals surface area contributed by atoms with E-state index in [0.717, 1.165) is 12.2 Å². The van der Waals surface area contributed by atoms with E-state index in [-0.39, 0.29) is 5.97 Å². The summed E-state index contributed by atoms with van der Waals surface area (Å²) in [4.78, 5) is 13.4. The van der Waals surface area contributed by atoms with Crippen molar-refractivity contribution >= 4 is 21.5 Å². The molecule has 0 fully saturated rings. The summed E-state index contributed by atoms with van der Waals surface area (Å²) < 4.78 is 27.3. The monoisotopic (exact) mass is 285 g/mol. The molecule has 0 aromatic heterocycles. The van der Waals surface area contributed by atoms with Gasteiger partial charge in [-0.15, -0.1) is 0 Å². The average molecular weight is 285 g/mol. The van der Waals surface area contributed by atoms with Gasteiger partial charge in [-0.2, -0.15) is 0 Å². The van der Waals surface area contributed by atoms with Crippen LogP contribution in [0.4, 0.5) is 5.69 Å². The Bertz CT molecular complexity index is 522. The molecule has 19 heavy (non-hydrogen) atoms. The number of rotatable bonds is 6. The van der Waals surface area contributed by atoms with E-state index in [0.29, 0.717) is 17.9 Å². The fourth-order valence-electron chi connectivity index (χ4n) is 1.70. The Labute approximate surface area is 114 Å². The summed E-state index contributed by atoms with van der Waals surface area (Å²) in [7, 11) is -1.81. The molecule has 0 saturated carbocycles. The van der Waals surface area contributed by atoms with Crippen LogP contribution in [0.1, 0.15) is 13.3 Å². The molecule has 1 aromatic carbocycles. The first-order valence-corrected chi connectivity index (χ1v) is 7.89. The number of nitrogens with zero attached hydrogens (tertiary/aromatic N) is 1. The van der Waals surface area contributed by atoms with Crippen LogP contribution in [0.5, 0.6) is 0 Å². The standard InChI is InChI=1S/C13H19NO4S/c1-4-14(10-9-13(15)18-2)11-5-7-12(8-6-11)19(3,16)17/h5-8H,4,9-10H2,1-3H3. The van der Waals surface area contributed by atoms with Crippen molar-refractivity contribution in [3.63, 3.8) is 0 Å². The minimum Gasteiger partial charge on any atom is -0.469 e. The lowest BCUT2D eigenvalue weighted by Gasteiger charge is -2.22. The summed E-state index contributed by atoms with van der Waals surface area (Å²) in [6.45, 7) is 3.25. The first-order valence-electron chi connectivity index (χ1n) is 6.00. The first kappa shape index (κ1) is 15.5. The van der Waals surface area contributed by atoms with Crippen LogP contribution in [-0.4, -0.2) is 40.8 Å². The van der Waals surface area contributed by atoms with Gasteiger partial charge >= 0.3 is 5.97 Å². The van der Waals surface area contributed by atoms with Crippen LogP contribution in [-0.2, 0) is 19.4 Å². The number of benzene rings is 1. The molecule has 0 bridgehead atoms. The number of esters is 1. The zero-order chi connectivity index (χ0) is 14.5. The molecule has 0 spiro atoms. The van der Waals surface area contributed by atoms with Gasteiger partial charge in [-0.05, 0) is 31.2 Å². The van der Waals surface area contributed by atoms with Gasteiger partial charge < -0.3 is 9.64 Å². The molecule has 5 nitrogen and oxygen atoms in total. The minimum absolute atomic E-state index is 0.258. The molecule has 0 radical (unpaired) electrons. The maximum absolute atomic E-state index is 11.4. The van der Waals surface area contributed by atoms with Crippen molar-refractivity contribution in [2.75, 3.05) is 31.4 Å². The quantitative estimate of drug-likeness (QED) is 0.741. The Balaban J connectivity index is 2.80. The van der Waals surface area contributed by atoms with E-state index in [9.17, 15) is 13.2 Å². The zero-order valence-corrected chi connectivity index (χ0v) is 12.2. The molecule has 106 valence electrons. The highest BCUT2D eigenvalue weighted by Crippen LogP contribution is 2.18. The maximum Gasteiger partial charge on any atom is 0.307 e. The highest BCUT2D eigenvalue weighted by Gasteiger charge is 2.10. The Morgan fingerprint density at radius 3 is 2.26 bits per heavy atom. The lowest BCUT2D eigenvalue weighted by Crippen LogP contribution is -2.26. The van der Waals surface area contributed by atoms with Crippen molar-refractivity contribution in [3.8, 4) is 0 Å². The summed E-state index contributed by atoms with van der Waals surface area (Å²) in [6, 6.07) is 6.64. The minimum atomic E-state index is -3.17. The van der Waals surface area contributed by atoms with Crippen molar-refractivity contribution in [3.05, 3.63) is 24.3 Å². The highest BCUT2D eigenvalue weighted by molar-refractivity contribution is 7.90. The Hall–Kier alpha value is -1.56. The van der Waals surface area contributed by atoms with Gasteiger partial charge in [-0.25, -0.2) is 8.42 Å². The second-order valence-electron chi connectivity index (χ2n) is 4.17. The van der Waals surface area contributed by atoms with E-state index in [4.69, 9.17) is 0 Å². The van der Waals surface area contributed by atoms with Crippen LogP contribution in [0.2, 0.25) is 0 Å². The number of ether oxygens (including phenoxy) is 1. The van der Waals surface area contributed by atoms with Gasteiger partial charge in [-0.3, -0.25) is 4.79 Å². The van der Waals surface area contributed by atoms with Crippen molar-refractivity contribution in [1.29, 1.82) is 0 Å². The van der Waals surface area contributed by atoms with E-state index in [1.54, 1.807) is 24.3 Å². The van der Waals surface area contributed by atoms with E-state index in [1.165, 1.54) is 13.4 Å². The SMILES string of the molecule is CCN(CCC(=O)OC)c1ccc(S(C)(=O)=O)cc1. The van der Waals surface area contributed by atoms with Gasteiger partial charge in [0.1, 0.15) is 0 Å². The molecule has 0 amide bonds. The third-order valence-electron chi connectivity index (χ3n) is 2.83. The molecule has 0 N–H and O–H groups in total. The van der Waals surface area contributed by atoms with Crippen molar-refractivity contribution in [2.24, 2.45) is 0 Å². The molecule has 0 aliphatic carbocycles. The second kappa shape index (κ2) is 6.56. The Morgan fingerprint density at radius 1 is 1.26 bits per heavy atom. The number of methoxy groups -OCH3 is 1. The van der Waals surface area contributed by atoms with Gasteiger partial charge in [0, 0.05) is 25.0 Å². The normalized spacial score (nSPS) is 11.1. The predicted molar refractivity (Wildman–Crippen MR) is 74.1 cm³/mol. The van der Waals surface area contributed by atoms with Crippen LogP contribution in [0, 0.1) is 0 Å². The van der Waals surface area contributed by atoms with Crippen LogP contribution < -0.4 is 4.90 Å². The van der Waals surface area contributed by atoms with Crippen molar-refractivity contribution in [1.82, 2.24) is 0 Å². The molecule has 0 heterocycles. The molecular formula is C13H19NO4S. The van der Waals surface area contributed by atoms with E-state index in [2.05, 4.69) is 4.74 Å². The molecule has 0 saturated heterocycles. The molecule has 6 heteroatoms. The lowest BCUT2D eigenvalue weighted by atomic mass is 10.2. The van der Waals surface area contributed by atoms with Crippen LogP contribution in [0.3, 0.4) is 0 Å². The third kappa shape index (κ3) is 4.55. The van der Waals surface area contributed by atoms with Gasteiger partial charge in [0.25, 0.3) is 0 Å². The molecule has 0 aliphatic rings. The summed E-state index contributed by atoms with van der Waals surface area (Å²) in [6.07, 6.45) is 1.48. The fraction of sp³-hybridized carbons (Fsp3) is 0.462. The van der Waals surface area contributed by atoms with Crippen LogP contribution in [0.15, 0.2) is 29.2 Å². The lowest BCUT2D eigenvalue weighted by molar-refractivity contribution is -0.140. The molecule has 0 aliphatic heterocycles. The number of anilines is 1. The number of hydrogen-bond acceptors (Lipinski definition) is 5. The van der Waals surface area contributed by atoms with E-state index >= 15 is 0 Å². The number of sulfone groups is 1. The van der Waals surface area contributed by atoms with Crippen LogP contribution in [0.25, 0.3) is 0 Å². The molecule has 0 unspecified atom stereocenters. The van der Waals surface area contributed by atoms with Gasteiger partial charge in [0.2, 0.25) is 0 Å². The third-order valence-corrected chi connectivity index (χ3v) is 3.95. The van der Waals surface area contributed by atoms with Gasteiger partial charge in [0.05, 0.1) is 18.4 Å². The number of hydrogen-bond donors (Lipinski definition) is 0. The molecule has 1 aromatic rings. The smallest absolute Gasteiger partial charge is 0.307 e. The first-order chi connectivity index (χ1) is 8.88. The number of carbonyl (C=O) groups excluding carboxylic acids is 1. The van der Waals surface area contributed by atoms with Crippen molar-refractivity contribution < 1.29 is 17.9 Å². The average Bonchev–Trinajstić information content (AvgIpc) is 2.38. The second-order valence-corrected chi connectivity index (χ2v) is 6.19. The van der Waals surface area contributed by atoms with Gasteiger partial charge in [-0.1, -0.05) is 0 Å². The number of carbonyl (C=O) groups is 1. The highest BCUT2D eigenvalue weighted by atomic mass is 32.2. The molecule has 1 rings (SSSR count). The zero-order valence-electron chi connectivity index (χ0n) is 11.4. The maximum atomic E-state index is 11.4. The van der Waals surface area contributed by atoms with E-state index < -0.39 is 9.84 Å². The largest absolute Gasteiger partial charge is 0.469 e. The Kier molecular flexibility index (Phi) is 5.35. The summed E-state index contributed by atoms with van der Waals surface area (Å²) in [5.41, 5.74) is 0.888. The van der Waals surface area contributed by atoms with Crippen LogP contribution >= 0.6 is 0 Å². The van der Waals surface area contributed by atoms with Crippen molar-refractivity contribution in [2.45, 2.75) is 18.2 Å². The fourth-order valence-corrected chi connectivity index (χ4v) is 2.33.